The minimum absolute atomic E-state index is 0.0384. The molecule has 1 saturated heterocycles. The normalized spacial score (nSPS) is 19.1. The van der Waals surface area contributed by atoms with Gasteiger partial charge in [0, 0.05) is 25.6 Å². The van der Waals surface area contributed by atoms with E-state index in [1.165, 1.54) is 4.68 Å². The van der Waals surface area contributed by atoms with Gasteiger partial charge in [0.15, 0.2) is 11.5 Å². The number of piperidine rings is 1. The number of nitrogens with one attached hydrogen (secondary N) is 1. The van der Waals surface area contributed by atoms with Gasteiger partial charge >= 0.3 is 6.18 Å². The summed E-state index contributed by atoms with van der Waals surface area (Å²) < 4.78 is 40.2. The quantitative estimate of drug-likeness (QED) is 0.888. The van der Waals surface area contributed by atoms with Gasteiger partial charge in [0.2, 0.25) is 0 Å². The Morgan fingerprint density at radius 1 is 1.23 bits per heavy atom. The summed E-state index contributed by atoms with van der Waals surface area (Å²) in [6.45, 7) is 0.997. The number of aromatic nitrogens is 6. The molecule has 8 nitrogen and oxygen atoms in total. The van der Waals surface area contributed by atoms with Crippen molar-refractivity contribution in [3.63, 3.8) is 0 Å². The Morgan fingerprint density at radius 3 is 2.54 bits per heavy atom. The molecule has 4 rings (SSSR count). The van der Waals surface area contributed by atoms with Gasteiger partial charge in [0.25, 0.3) is 5.91 Å². The van der Waals surface area contributed by atoms with Crippen LogP contribution in [0.5, 0.6) is 0 Å². The Balaban J connectivity index is 1.44. The number of carbonyl (C=O) groups excluding carboxylic acids is 1. The third-order valence-electron chi connectivity index (χ3n) is 4.90. The maximum Gasteiger partial charge on any atom is 0.435 e. The van der Waals surface area contributed by atoms with Crippen LogP contribution in [0.25, 0.3) is 0 Å². The van der Waals surface area contributed by atoms with Gasteiger partial charge in [0.05, 0.1) is 6.04 Å². The first-order valence-corrected chi connectivity index (χ1v) is 8.60. The second kappa shape index (κ2) is 6.36. The van der Waals surface area contributed by atoms with Crippen LogP contribution in [0.2, 0.25) is 0 Å². The summed E-state index contributed by atoms with van der Waals surface area (Å²) in [5, 5.41) is 17.4. The monoisotopic (exact) mass is 369 g/mol. The molecule has 11 heteroatoms. The zero-order valence-electron chi connectivity index (χ0n) is 13.9. The molecule has 140 valence electrons. The predicted molar refractivity (Wildman–Crippen MR) is 82.0 cm³/mol. The van der Waals surface area contributed by atoms with E-state index in [1.807, 2.05) is 0 Å². The highest BCUT2D eigenvalue weighted by Gasteiger charge is 2.39. The maximum absolute atomic E-state index is 13.0. The first kappa shape index (κ1) is 17.0. The SMILES string of the molecule is O=C(c1cc(C(F)(F)F)nn1C1CC1)N1CCC(Cc2nn[nH]n2)CC1. The third-order valence-corrected chi connectivity index (χ3v) is 4.90. The van der Waals surface area contributed by atoms with Crippen molar-refractivity contribution in [3.8, 4) is 0 Å². The zero-order chi connectivity index (χ0) is 18.3. The fraction of sp³-hybridized carbons (Fsp3) is 0.667. The molecular weight excluding hydrogens is 351 g/mol. The molecule has 2 aromatic heterocycles. The molecule has 1 aliphatic carbocycles. The average molecular weight is 369 g/mol. The fourth-order valence-electron chi connectivity index (χ4n) is 3.32. The fourth-order valence-corrected chi connectivity index (χ4v) is 3.32. The number of likely N-dealkylation sites (tertiary alicyclic amines) is 1. The van der Waals surface area contributed by atoms with Crippen LogP contribution in [0.3, 0.4) is 0 Å². The number of H-pyrrole nitrogens is 1. The molecule has 2 fully saturated rings. The first-order chi connectivity index (χ1) is 12.4. The van der Waals surface area contributed by atoms with Crippen molar-refractivity contribution in [1.82, 2.24) is 35.3 Å². The highest BCUT2D eigenvalue weighted by molar-refractivity contribution is 5.93. The van der Waals surface area contributed by atoms with E-state index in [0.717, 1.165) is 31.7 Å². The predicted octanol–water partition coefficient (Wildman–Crippen LogP) is 1.84. The van der Waals surface area contributed by atoms with E-state index in [4.69, 9.17) is 0 Å². The molecule has 0 bridgehead atoms. The molecule has 0 radical (unpaired) electrons. The van der Waals surface area contributed by atoms with Gasteiger partial charge in [-0.2, -0.15) is 23.5 Å². The van der Waals surface area contributed by atoms with Crippen LogP contribution >= 0.6 is 0 Å². The number of amides is 1. The largest absolute Gasteiger partial charge is 0.435 e. The number of carbonyl (C=O) groups is 1. The molecule has 0 unspecified atom stereocenters. The van der Waals surface area contributed by atoms with E-state index in [9.17, 15) is 18.0 Å². The maximum atomic E-state index is 13.0. The number of hydrogen-bond acceptors (Lipinski definition) is 5. The van der Waals surface area contributed by atoms with Crippen LogP contribution in [0, 0.1) is 5.92 Å². The minimum atomic E-state index is -4.55. The summed E-state index contributed by atoms with van der Waals surface area (Å²) in [4.78, 5) is 14.4. The van der Waals surface area contributed by atoms with Crippen LogP contribution in [0.1, 0.15) is 53.7 Å². The summed E-state index contributed by atoms with van der Waals surface area (Å²) in [5.74, 6) is 0.588. The third kappa shape index (κ3) is 3.42. The number of rotatable bonds is 4. The van der Waals surface area contributed by atoms with Gasteiger partial charge in [-0.25, -0.2) is 0 Å². The second-order valence-electron chi connectivity index (χ2n) is 6.86. The molecule has 1 N–H and O–H groups in total. The Labute approximate surface area is 146 Å². The summed E-state index contributed by atoms with van der Waals surface area (Å²) in [6, 6.07) is 0.785. The highest BCUT2D eigenvalue weighted by atomic mass is 19.4. The van der Waals surface area contributed by atoms with Gasteiger partial charge < -0.3 is 4.90 Å². The van der Waals surface area contributed by atoms with Crippen LogP contribution in [-0.4, -0.2) is 54.3 Å². The molecule has 1 amide bonds. The van der Waals surface area contributed by atoms with E-state index in [-0.39, 0.29) is 17.6 Å². The molecule has 26 heavy (non-hydrogen) atoms. The van der Waals surface area contributed by atoms with E-state index in [0.29, 0.717) is 31.3 Å². The number of alkyl halides is 3. The van der Waals surface area contributed by atoms with Crippen molar-refractivity contribution in [2.75, 3.05) is 13.1 Å². The molecule has 0 atom stereocenters. The molecule has 2 aromatic rings. The number of tetrazole rings is 1. The molecule has 0 spiro atoms. The lowest BCUT2D eigenvalue weighted by Crippen LogP contribution is -2.39. The molecule has 3 heterocycles. The van der Waals surface area contributed by atoms with Gasteiger partial charge in [-0.1, -0.05) is 5.21 Å². The number of halogens is 3. The Kier molecular flexibility index (Phi) is 4.16. The Hall–Kier alpha value is -2.46. The van der Waals surface area contributed by atoms with Crippen LogP contribution in [-0.2, 0) is 12.6 Å². The van der Waals surface area contributed by atoms with Crippen molar-refractivity contribution in [2.24, 2.45) is 5.92 Å². The average Bonchev–Trinajstić information content (AvgIpc) is 3.13. The first-order valence-electron chi connectivity index (χ1n) is 8.60. The standard InChI is InChI=1S/C15H18F3N7O/c16-15(17,18)12-8-11(25(21-12)10-1-2-10)14(26)24-5-3-9(4-6-24)7-13-19-22-23-20-13/h8-10H,1-7H2,(H,19,20,22,23). The van der Waals surface area contributed by atoms with E-state index < -0.39 is 11.9 Å². The van der Waals surface area contributed by atoms with Crippen molar-refractivity contribution < 1.29 is 18.0 Å². The number of nitrogens with zero attached hydrogens (tertiary/aromatic N) is 6. The Bertz CT molecular complexity index is 774. The van der Waals surface area contributed by atoms with E-state index in [1.54, 1.807) is 4.90 Å². The van der Waals surface area contributed by atoms with Crippen LogP contribution in [0.15, 0.2) is 6.07 Å². The number of aromatic amines is 1. The van der Waals surface area contributed by atoms with Crippen LogP contribution in [0.4, 0.5) is 13.2 Å². The lowest BCUT2D eigenvalue weighted by Gasteiger charge is -2.31. The van der Waals surface area contributed by atoms with E-state index in [2.05, 4.69) is 25.7 Å². The van der Waals surface area contributed by atoms with Gasteiger partial charge in [0.1, 0.15) is 5.69 Å². The lowest BCUT2D eigenvalue weighted by atomic mass is 9.93. The summed E-state index contributed by atoms with van der Waals surface area (Å²) in [5.41, 5.74) is -0.962. The number of hydrogen-bond donors (Lipinski definition) is 1. The summed E-state index contributed by atoms with van der Waals surface area (Å²) >= 11 is 0. The lowest BCUT2D eigenvalue weighted by molar-refractivity contribution is -0.141. The van der Waals surface area contributed by atoms with Crippen molar-refractivity contribution in [1.29, 1.82) is 0 Å². The second-order valence-corrected chi connectivity index (χ2v) is 6.86. The highest BCUT2D eigenvalue weighted by Crippen LogP contribution is 2.38. The minimum Gasteiger partial charge on any atom is -0.337 e. The smallest absolute Gasteiger partial charge is 0.337 e. The summed E-state index contributed by atoms with van der Waals surface area (Å²) in [6.07, 6.45) is -0.852. The zero-order valence-corrected chi connectivity index (χ0v) is 13.9. The van der Waals surface area contributed by atoms with Gasteiger partial charge in [-0.3, -0.25) is 9.48 Å². The van der Waals surface area contributed by atoms with Crippen LogP contribution < -0.4 is 0 Å². The Morgan fingerprint density at radius 2 is 1.96 bits per heavy atom. The van der Waals surface area contributed by atoms with Gasteiger partial charge in [-0.15, -0.1) is 10.2 Å². The van der Waals surface area contributed by atoms with Crippen molar-refractivity contribution in [3.05, 3.63) is 23.3 Å². The molecule has 1 aliphatic heterocycles. The van der Waals surface area contributed by atoms with Gasteiger partial charge in [-0.05, 0) is 31.6 Å². The van der Waals surface area contributed by atoms with Crippen molar-refractivity contribution >= 4 is 5.91 Å². The van der Waals surface area contributed by atoms with Crippen molar-refractivity contribution in [2.45, 2.75) is 44.3 Å². The molecule has 2 aliphatic rings. The molecule has 1 saturated carbocycles. The summed E-state index contributed by atoms with van der Waals surface area (Å²) in [7, 11) is 0. The topological polar surface area (TPSA) is 92.6 Å². The molecule has 0 aromatic carbocycles. The molecular formula is C15H18F3N7O. The van der Waals surface area contributed by atoms with E-state index >= 15 is 0 Å².